The number of nitrogens with zero attached hydrogens (tertiary/aromatic N) is 2. The number of likely N-dealkylation sites (N-methyl/N-ethyl adjacent to an activating group) is 1. The van der Waals surface area contributed by atoms with Crippen molar-refractivity contribution in [3.63, 3.8) is 0 Å². The van der Waals surface area contributed by atoms with Crippen molar-refractivity contribution in [3.8, 4) is 0 Å². The quantitative estimate of drug-likeness (QED) is 0.696. The van der Waals surface area contributed by atoms with Gasteiger partial charge in [-0.15, -0.1) is 0 Å². The van der Waals surface area contributed by atoms with Crippen LogP contribution in [0.25, 0.3) is 0 Å². The zero-order chi connectivity index (χ0) is 22.0. The van der Waals surface area contributed by atoms with Crippen molar-refractivity contribution in [1.29, 1.82) is 0 Å². The zero-order valence-electron chi connectivity index (χ0n) is 18.1. The van der Waals surface area contributed by atoms with Gasteiger partial charge in [-0.1, -0.05) is 25.5 Å². The summed E-state index contributed by atoms with van der Waals surface area (Å²) in [5, 5.41) is 3.00. The highest BCUT2D eigenvalue weighted by atomic mass is 16.2. The number of carbonyl (C=O) groups excluding carboxylic acids is 3. The minimum absolute atomic E-state index is 0.275. The van der Waals surface area contributed by atoms with Crippen LogP contribution >= 0.6 is 0 Å². The van der Waals surface area contributed by atoms with Gasteiger partial charge < -0.3 is 15.1 Å². The van der Waals surface area contributed by atoms with E-state index in [2.05, 4.69) is 17.3 Å². The fourth-order valence-electron chi connectivity index (χ4n) is 4.13. The van der Waals surface area contributed by atoms with Crippen molar-refractivity contribution < 1.29 is 19.3 Å². The minimum atomic E-state index is -0.316. The molecule has 0 unspecified atom stereocenters. The maximum atomic E-state index is 13.0. The first-order chi connectivity index (χ1) is 15.0. The molecule has 2 aliphatic heterocycles. The fourth-order valence-corrected chi connectivity index (χ4v) is 4.13. The summed E-state index contributed by atoms with van der Waals surface area (Å²) in [7, 11) is 2.19. The molecule has 1 saturated heterocycles. The van der Waals surface area contributed by atoms with Crippen LogP contribution in [0.4, 0.5) is 11.4 Å². The van der Waals surface area contributed by atoms with E-state index in [1.165, 1.54) is 9.80 Å². The van der Waals surface area contributed by atoms with Crippen molar-refractivity contribution in [2.24, 2.45) is 0 Å². The van der Waals surface area contributed by atoms with E-state index in [1.54, 1.807) is 18.2 Å². The Balaban J connectivity index is 1.53. The first-order valence-electron chi connectivity index (χ1n) is 11.0. The Morgan fingerprint density at radius 2 is 1.74 bits per heavy atom. The number of fused-ring (bicyclic) bond motifs is 1. The maximum absolute atomic E-state index is 13.0. The normalized spacial score (nSPS) is 16.6. The molecule has 2 aromatic carbocycles. The number of rotatable bonds is 6. The van der Waals surface area contributed by atoms with Crippen molar-refractivity contribution in [2.75, 3.05) is 50.0 Å². The monoisotopic (exact) mass is 421 g/mol. The van der Waals surface area contributed by atoms with Crippen LogP contribution in [0.5, 0.6) is 0 Å². The molecule has 0 saturated carbocycles. The summed E-state index contributed by atoms with van der Waals surface area (Å²) in [6.07, 6.45) is 1.67. The molecule has 3 amide bonds. The van der Waals surface area contributed by atoms with E-state index in [9.17, 15) is 14.4 Å². The molecule has 7 nitrogen and oxygen atoms in total. The molecule has 0 radical (unpaired) electrons. The molecule has 31 heavy (non-hydrogen) atoms. The standard InChI is InChI=1S/C24H28N4O3/c1-3-4-11-28-23(30)18-10-9-17(16-19(18)24(28)31)22(29)25-20-7-5-6-8-21(20)27-14-12-26(2)13-15-27/h5-10,16H,3-4,11-15H2,1-2H3,(H,25,29)/p+1. The second-order valence-electron chi connectivity index (χ2n) is 8.29. The van der Waals surface area contributed by atoms with Gasteiger partial charge in [-0.25, -0.2) is 0 Å². The number of amides is 3. The Hall–Kier alpha value is -3.19. The average Bonchev–Trinajstić information content (AvgIpc) is 3.02. The predicted molar refractivity (Wildman–Crippen MR) is 120 cm³/mol. The number of piperazine rings is 1. The average molecular weight is 422 g/mol. The lowest BCUT2D eigenvalue weighted by Gasteiger charge is -2.33. The second kappa shape index (κ2) is 8.89. The molecule has 7 heteroatoms. The van der Waals surface area contributed by atoms with Crippen molar-refractivity contribution >= 4 is 29.1 Å². The largest absolute Gasteiger partial charge is 0.359 e. The highest BCUT2D eigenvalue weighted by Gasteiger charge is 2.35. The summed E-state index contributed by atoms with van der Waals surface area (Å²) >= 11 is 0. The van der Waals surface area contributed by atoms with Gasteiger partial charge in [0.15, 0.2) is 0 Å². The summed E-state index contributed by atoms with van der Waals surface area (Å²) in [6.45, 7) is 6.39. The second-order valence-corrected chi connectivity index (χ2v) is 8.29. The van der Waals surface area contributed by atoms with Gasteiger partial charge >= 0.3 is 0 Å². The third-order valence-corrected chi connectivity index (χ3v) is 6.08. The molecular weight excluding hydrogens is 392 g/mol. The SMILES string of the molecule is CCCCN1C(=O)c2ccc(C(=O)Nc3ccccc3N3CC[NH+](C)CC3)cc2C1=O. The maximum Gasteiger partial charge on any atom is 0.261 e. The van der Waals surface area contributed by atoms with Gasteiger partial charge in [0.05, 0.1) is 55.7 Å². The van der Waals surface area contributed by atoms with Crippen LogP contribution in [-0.2, 0) is 0 Å². The van der Waals surface area contributed by atoms with E-state index in [0.717, 1.165) is 50.4 Å². The number of para-hydroxylation sites is 2. The molecule has 1 fully saturated rings. The topological polar surface area (TPSA) is 74.2 Å². The Morgan fingerprint density at radius 1 is 1.03 bits per heavy atom. The molecule has 2 N–H and O–H groups in total. The summed E-state index contributed by atoms with van der Waals surface area (Å²) in [6, 6.07) is 12.5. The summed E-state index contributed by atoms with van der Waals surface area (Å²) < 4.78 is 0. The number of unbranched alkanes of at least 4 members (excludes halogenated alkanes) is 1. The van der Waals surface area contributed by atoms with E-state index in [1.807, 2.05) is 31.2 Å². The van der Waals surface area contributed by atoms with Gasteiger partial charge in [0, 0.05) is 12.1 Å². The van der Waals surface area contributed by atoms with Gasteiger partial charge in [-0.2, -0.15) is 0 Å². The van der Waals surface area contributed by atoms with Gasteiger partial charge in [-0.05, 0) is 36.8 Å². The molecule has 0 bridgehead atoms. The first-order valence-corrected chi connectivity index (χ1v) is 11.0. The number of quaternary nitrogens is 1. The number of hydrogen-bond acceptors (Lipinski definition) is 4. The summed E-state index contributed by atoms with van der Waals surface area (Å²) in [4.78, 5) is 43.3. The minimum Gasteiger partial charge on any atom is -0.359 e. The van der Waals surface area contributed by atoms with Crippen molar-refractivity contribution in [2.45, 2.75) is 19.8 Å². The first kappa shape index (κ1) is 21.1. The molecule has 0 aromatic heterocycles. The number of nitrogens with one attached hydrogen (secondary N) is 2. The van der Waals surface area contributed by atoms with Crippen molar-refractivity contribution in [3.05, 3.63) is 59.2 Å². The third-order valence-electron chi connectivity index (χ3n) is 6.08. The molecule has 2 aliphatic rings. The molecule has 162 valence electrons. The smallest absolute Gasteiger partial charge is 0.261 e. The Labute approximate surface area is 182 Å². The number of carbonyl (C=O) groups is 3. The van der Waals surface area contributed by atoms with Crippen LogP contribution in [0.1, 0.15) is 50.8 Å². The number of benzene rings is 2. The lowest BCUT2D eigenvalue weighted by atomic mass is 10.1. The van der Waals surface area contributed by atoms with Gasteiger partial charge in [-0.3, -0.25) is 19.3 Å². The predicted octanol–water partition coefficient (Wildman–Crippen LogP) is 1.67. The van der Waals surface area contributed by atoms with Crippen LogP contribution in [0, 0.1) is 0 Å². The number of imide groups is 1. The Kier molecular flexibility index (Phi) is 6.04. The lowest BCUT2D eigenvalue weighted by molar-refractivity contribution is -0.880. The molecule has 2 heterocycles. The Bertz CT molecular complexity index is 1010. The van der Waals surface area contributed by atoms with Crippen molar-refractivity contribution in [1.82, 2.24) is 4.90 Å². The third kappa shape index (κ3) is 4.18. The van der Waals surface area contributed by atoms with E-state index >= 15 is 0 Å². The van der Waals surface area contributed by atoms with Crippen LogP contribution in [0.2, 0.25) is 0 Å². The van der Waals surface area contributed by atoms with Crippen LogP contribution < -0.4 is 15.1 Å². The van der Waals surface area contributed by atoms with Crippen LogP contribution in [-0.4, -0.2) is 62.4 Å². The highest BCUT2D eigenvalue weighted by Crippen LogP contribution is 2.28. The Morgan fingerprint density at radius 3 is 2.48 bits per heavy atom. The molecular formula is C24H29N4O3+. The van der Waals surface area contributed by atoms with E-state index in [0.29, 0.717) is 23.2 Å². The van der Waals surface area contributed by atoms with Gasteiger partial charge in [0.2, 0.25) is 0 Å². The zero-order valence-corrected chi connectivity index (χ0v) is 18.1. The van der Waals surface area contributed by atoms with Crippen LogP contribution in [0.3, 0.4) is 0 Å². The summed E-state index contributed by atoms with van der Waals surface area (Å²) in [5.41, 5.74) is 2.80. The lowest BCUT2D eigenvalue weighted by Crippen LogP contribution is -3.12. The molecule has 0 spiro atoms. The number of hydrogen-bond donors (Lipinski definition) is 2. The number of anilines is 2. The molecule has 0 aliphatic carbocycles. The molecule has 0 atom stereocenters. The molecule has 2 aromatic rings. The van der Waals surface area contributed by atoms with Gasteiger partial charge in [0.1, 0.15) is 0 Å². The van der Waals surface area contributed by atoms with E-state index in [-0.39, 0.29) is 17.7 Å². The molecule has 4 rings (SSSR count). The highest BCUT2D eigenvalue weighted by molar-refractivity contribution is 6.22. The van der Waals surface area contributed by atoms with Crippen LogP contribution in [0.15, 0.2) is 42.5 Å². The van der Waals surface area contributed by atoms with E-state index in [4.69, 9.17) is 0 Å². The fraction of sp³-hybridized carbons (Fsp3) is 0.375. The van der Waals surface area contributed by atoms with Gasteiger partial charge in [0.25, 0.3) is 17.7 Å². The summed E-state index contributed by atoms with van der Waals surface area (Å²) in [5.74, 6) is -0.881. The van der Waals surface area contributed by atoms with E-state index < -0.39 is 0 Å².